The van der Waals surface area contributed by atoms with Gasteiger partial charge in [-0.25, -0.2) is 0 Å². The molecule has 142 valence electrons. The van der Waals surface area contributed by atoms with Crippen molar-refractivity contribution in [3.63, 3.8) is 0 Å². The molecule has 0 radical (unpaired) electrons. The van der Waals surface area contributed by atoms with Crippen molar-refractivity contribution in [3.05, 3.63) is 36.6 Å². The van der Waals surface area contributed by atoms with E-state index in [9.17, 15) is 5.11 Å². The van der Waals surface area contributed by atoms with Crippen LogP contribution in [0.15, 0.2) is 36.6 Å². The van der Waals surface area contributed by atoms with Crippen LogP contribution in [0.25, 0.3) is 0 Å². The first-order valence-electron chi connectivity index (χ1n) is 7.68. The van der Waals surface area contributed by atoms with Crippen molar-refractivity contribution in [2.45, 2.75) is 65.0 Å². The number of hydrogen-bond donors (Lipinski definition) is 2. The lowest BCUT2D eigenvalue weighted by atomic mass is 10.0. The van der Waals surface area contributed by atoms with Crippen molar-refractivity contribution in [2.75, 3.05) is 13.7 Å². The number of epoxide rings is 1. The molecule has 2 saturated heterocycles. The van der Waals surface area contributed by atoms with E-state index in [1.54, 1.807) is 7.11 Å². The van der Waals surface area contributed by atoms with Gasteiger partial charge in [-0.3, -0.25) is 0 Å². The van der Waals surface area contributed by atoms with Gasteiger partial charge in [-0.2, -0.15) is 0 Å². The molecule has 0 aliphatic carbocycles. The van der Waals surface area contributed by atoms with Gasteiger partial charge in [-0.15, -0.1) is 9.80 Å². The number of methoxy groups -OCH3 is 1. The van der Waals surface area contributed by atoms with E-state index in [4.69, 9.17) is 14.2 Å². The van der Waals surface area contributed by atoms with Gasteiger partial charge in [-0.1, -0.05) is 32.2 Å². The summed E-state index contributed by atoms with van der Waals surface area (Å²) in [4.78, 5) is 0. The maximum absolute atomic E-state index is 9.30. The largest absolute Gasteiger partial charge is 0.491 e. The van der Waals surface area contributed by atoms with Crippen molar-refractivity contribution < 1.29 is 19.3 Å². The molecular weight excluding hydrogens is 439 g/mol. The van der Waals surface area contributed by atoms with Gasteiger partial charge in [0.05, 0.1) is 30.7 Å². The average molecular weight is 472 g/mol. The number of halogens is 1. The van der Waals surface area contributed by atoms with E-state index < -0.39 is 0 Å². The highest BCUT2D eigenvalue weighted by Crippen LogP contribution is 2.21. The molecule has 1 N–H and O–H groups in total. The highest BCUT2D eigenvalue weighted by molar-refractivity contribution is 14.2. The second-order valence-corrected chi connectivity index (χ2v) is 5.31. The minimum atomic E-state index is -0.280. The van der Waals surface area contributed by atoms with Crippen molar-refractivity contribution in [3.8, 4) is 0 Å². The molecule has 0 amide bonds. The molecule has 2 aliphatic rings. The summed E-state index contributed by atoms with van der Waals surface area (Å²) in [5.74, 6) is 0.687. The summed E-state index contributed by atoms with van der Waals surface area (Å²) < 4.78 is 15.6. The zero-order chi connectivity index (χ0) is 17.7. The maximum atomic E-state index is 9.30. The lowest BCUT2D eigenvalue weighted by Gasteiger charge is -2.26. The highest BCUT2D eigenvalue weighted by Gasteiger charge is 2.25. The Bertz CT molecular complexity index is 370. The first kappa shape index (κ1) is 26.2. The van der Waals surface area contributed by atoms with Crippen LogP contribution in [0, 0.1) is 0 Å². The van der Waals surface area contributed by atoms with Crippen LogP contribution in [0.4, 0.5) is 0 Å². The van der Waals surface area contributed by atoms with E-state index in [0.717, 1.165) is 13.0 Å². The van der Waals surface area contributed by atoms with Crippen LogP contribution < -0.4 is 0 Å². The lowest BCUT2D eigenvalue weighted by Crippen LogP contribution is -2.25. The Kier molecular flexibility index (Phi) is 18.0. The molecule has 0 aromatic carbocycles. The normalized spacial score (nSPS) is 26.4. The molecule has 0 saturated carbocycles. The van der Waals surface area contributed by atoms with E-state index in [1.807, 2.05) is 53.3 Å². The van der Waals surface area contributed by atoms with Gasteiger partial charge in [0.1, 0.15) is 6.10 Å². The first-order valence-corrected chi connectivity index (χ1v) is 10.9. The van der Waals surface area contributed by atoms with Crippen LogP contribution in [0.2, 0.25) is 0 Å². The molecule has 2 heterocycles. The number of aliphatic hydroxyl groups is 1. The number of allylic oxidation sites excluding steroid dienone is 2. The predicted molar refractivity (Wildman–Crippen MR) is 114 cm³/mol. The van der Waals surface area contributed by atoms with Crippen molar-refractivity contribution in [1.82, 2.24) is 0 Å². The molecule has 0 spiro atoms. The number of thiol groups is 1. The topological polar surface area (TPSA) is 51.2 Å². The zero-order valence-corrected chi connectivity index (χ0v) is 17.2. The molecule has 0 aromatic rings. The van der Waals surface area contributed by atoms with Crippen LogP contribution in [-0.4, -0.2) is 43.2 Å². The fourth-order valence-corrected chi connectivity index (χ4v) is 2.19. The van der Waals surface area contributed by atoms with Crippen LogP contribution in [0.1, 0.15) is 40.5 Å². The summed E-state index contributed by atoms with van der Waals surface area (Å²) in [7, 11) is 5.23. The Balaban J connectivity index is 0. The van der Waals surface area contributed by atoms with E-state index >= 15 is 0 Å². The summed E-state index contributed by atoms with van der Waals surface area (Å²) in [5.41, 5.74) is 0. The fraction of sp³-hybridized carbons (Fsp3) is 0.667. The Morgan fingerprint density at radius 2 is 2.04 bits per heavy atom. The number of hydrogen-bond acceptors (Lipinski definition) is 5. The minimum absolute atomic E-state index is 0. The zero-order valence-electron chi connectivity index (χ0n) is 14.2. The molecular formula is C18H33IO4S. The van der Waals surface area contributed by atoms with Crippen LogP contribution in [-0.2, 0) is 14.2 Å². The second-order valence-electron chi connectivity index (χ2n) is 5.31. The first-order chi connectivity index (χ1) is 11.1. The van der Waals surface area contributed by atoms with E-state index in [-0.39, 0.29) is 25.7 Å². The Hall–Kier alpha value is -0.0200. The summed E-state index contributed by atoms with van der Waals surface area (Å²) in [5, 5.41) is 9.30. The van der Waals surface area contributed by atoms with Gasteiger partial charge in [0.15, 0.2) is 0 Å². The smallest absolute Gasteiger partial charge is 0.119 e. The molecule has 2 rings (SSSR count). The van der Waals surface area contributed by atoms with Gasteiger partial charge < -0.3 is 19.3 Å². The van der Waals surface area contributed by atoms with Crippen LogP contribution in [0.5, 0.6) is 0 Å². The quantitative estimate of drug-likeness (QED) is 0.259. The molecule has 2 fully saturated rings. The van der Waals surface area contributed by atoms with Gasteiger partial charge in [0.25, 0.3) is 0 Å². The summed E-state index contributed by atoms with van der Waals surface area (Å²) in [6.07, 6.45) is 10.6. The maximum Gasteiger partial charge on any atom is 0.119 e. The van der Waals surface area contributed by atoms with Crippen molar-refractivity contribution in [2.24, 2.45) is 0 Å². The monoisotopic (exact) mass is 472 g/mol. The summed E-state index contributed by atoms with van der Waals surface area (Å²) in [6.45, 7) is 8.53. The van der Waals surface area contributed by atoms with Gasteiger partial charge in [-0.05, 0) is 41.1 Å². The Morgan fingerprint density at radius 3 is 2.46 bits per heavy atom. The second kappa shape index (κ2) is 16.4. The van der Waals surface area contributed by atoms with Crippen molar-refractivity contribution in [1.29, 1.82) is 0 Å². The fourth-order valence-electron chi connectivity index (χ4n) is 2.19. The van der Waals surface area contributed by atoms with Crippen LogP contribution in [0.3, 0.4) is 0 Å². The third kappa shape index (κ3) is 13.3. The number of aliphatic hydroxyl groups excluding tert-OH is 1. The van der Waals surface area contributed by atoms with E-state index in [2.05, 4.69) is 22.5 Å². The van der Waals surface area contributed by atoms with Gasteiger partial charge in [0, 0.05) is 26.4 Å². The molecule has 2 aliphatic heterocycles. The van der Waals surface area contributed by atoms with Crippen molar-refractivity contribution >= 4 is 31.0 Å². The van der Waals surface area contributed by atoms with Gasteiger partial charge >= 0.3 is 0 Å². The van der Waals surface area contributed by atoms with E-state index in [1.165, 1.54) is 0 Å². The standard InChI is InChI=1S/C9H14O2.C8H14O2.CH4.HIS/c1-3-4-9-6-8(10)5-7(2)11-9;1-3-4-7(9-2)5-8-6-10-8;;1-2/h3-4,8-10H,2,5-6H2,1H3;3-4,7-8H,5-6H2,1-2H3;1H4;2H. The molecule has 4 nitrogen and oxygen atoms in total. The van der Waals surface area contributed by atoms with E-state index in [0.29, 0.717) is 24.7 Å². The summed E-state index contributed by atoms with van der Waals surface area (Å²) >= 11 is 1.84. The minimum Gasteiger partial charge on any atom is -0.491 e. The Morgan fingerprint density at radius 1 is 1.42 bits per heavy atom. The third-order valence-electron chi connectivity index (χ3n) is 3.30. The predicted octanol–water partition coefficient (Wildman–Crippen LogP) is 4.88. The number of ether oxygens (including phenoxy) is 3. The molecule has 4 atom stereocenters. The lowest BCUT2D eigenvalue weighted by molar-refractivity contribution is 0.0250. The molecule has 0 bridgehead atoms. The third-order valence-corrected chi connectivity index (χ3v) is 3.30. The Labute approximate surface area is 165 Å². The van der Waals surface area contributed by atoms with Crippen LogP contribution >= 0.6 is 31.0 Å². The van der Waals surface area contributed by atoms with Gasteiger partial charge in [0.2, 0.25) is 0 Å². The molecule has 24 heavy (non-hydrogen) atoms. The molecule has 0 aromatic heterocycles. The molecule has 4 unspecified atom stereocenters. The molecule has 6 heteroatoms. The SMILES string of the molecule is C.C=C1CC(O)CC(C=CC)O1.CC=CC(CC1CO1)OC.SI. The number of rotatable bonds is 5. The average Bonchev–Trinajstić information content (AvgIpc) is 3.33. The summed E-state index contributed by atoms with van der Waals surface area (Å²) in [6, 6.07) is 0. The highest BCUT2D eigenvalue weighted by atomic mass is 127.